The van der Waals surface area contributed by atoms with Crippen LogP contribution in [0.4, 0.5) is 11.4 Å². The largest absolute Gasteiger partial charge is 1.00 e. The Bertz CT molecular complexity index is 1900. The van der Waals surface area contributed by atoms with Crippen LogP contribution in [0.5, 0.6) is 5.75 Å². The molecule has 0 saturated carbocycles. The summed E-state index contributed by atoms with van der Waals surface area (Å²) in [4.78, 5) is -2.28. The van der Waals surface area contributed by atoms with Gasteiger partial charge in [0.15, 0.2) is 5.75 Å². The van der Waals surface area contributed by atoms with Crippen LogP contribution in [0.3, 0.4) is 0 Å². The summed E-state index contributed by atoms with van der Waals surface area (Å²) in [6.45, 7) is 0. The SMILES string of the molecule is O=S(=O)([O-])c1ccc2c(O)c(N=Nc3ccc(S(=O)(=O)[O-])c4ccccc34)c(S(=O)(=O)[O-])cc2c1.[Na+].[Na+].[Na+]. The van der Waals surface area contributed by atoms with E-state index in [4.69, 9.17) is 0 Å². The van der Waals surface area contributed by atoms with Crippen LogP contribution in [0.1, 0.15) is 0 Å². The minimum Gasteiger partial charge on any atom is -0.744 e. The first kappa shape index (κ1) is 35.6. The Labute approximate surface area is 283 Å². The first-order valence-electron chi connectivity index (χ1n) is 9.29. The van der Waals surface area contributed by atoms with E-state index in [2.05, 4.69) is 10.2 Å². The van der Waals surface area contributed by atoms with Gasteiger partial charge in [0.2, 0.25) is 0 Å². The van der Waals surface area contributed by atoms with E-state index in [-0.39, 0.29) is 116 Å². The fraction of sp³-hybridized carbons (Fsp3) is 0. The van der Waals surface area contributed by atoms with Crippen LogP contribution in [0.15, 0.2) is 85.6 Å². The zero-order chi connectivity index (χ0) is 25.8. The molecule has 0 aromatic heterocycles. The van der Waals surface area contributed by atoms with Crippen LogP contribution in [-0.4, -0.2) is 44.0 Å². The second-order valence-electron chi connectivity index (χ2n) is 7.15. The minimum absolute atomic E-state index is 0. The van der Waals surface area contributed by atoms with Crippen molar-refractivity contribution in [3.8, 4) is 5.75 Å². The summed E-state index contributed by atoms with van der Waals surface area (Å²) < 4.78 is 104. The van der Waals surface area contributed by atoms with Gasteiger partial charge in [0.1, 0.15) is 36.0 Å². The van der Waals surface area contributed by atoms with Crippen molar-refractivity contribution in [1.29, 1.82) is 0 Å². The fourth-order valence-electron chi connectivity index (χ4n) is 3.44. The Kier molecular flexibility index (Phi) is 12.2. The molecule has 0 atom stereocenters. The first-order chi connectivity index (χ1) is 16.2. The molecule has 18 heteroatoms. The third-order valence-electron chi connectivity index (χ3n) is 4.97. The van der Waals surface area contributed by atoms with E-state index >= 15 is 0 Å². The van der Waals surface area contributed by atoms with Crippen LogP contribution in [-0.2, 0) is 30.4 Å². The number of rotatable bonds is 5. The van der Waals surface area contributed by atoms with E-state index in [1.54, 1.807) is 0 Å². The summed E-state index contributed by atoms with van der Waals surface area (Å²) in [6, 6.07) is 11.3. The molecule has 0 spiro atoms. The number of phenolic OH excluding ortho intramolecular Hbond substituents is 1. The molecule has 0 unspecified atom stereocenters. The van der Waals surface area contributed by atoms with Gasteiger partial charge in [-0.05, 0) is 41.8 Å². The minimum atomic E-state index is -5.28. The summed E-state index contributed by atoms with van der Waals surface area (Å²) in [5, 5.41) is 18.0. The van der Waals surface area contributed by atoms with Gasteiger partial charge in [-0.3, -0.25) is 0 Å². The second-order valence-corrected chi connectivity index (χ2v) is 11.2. The molecule has 4 aromatic carbocycles. The van der Waals surface area contributed by atoms with Gasteiger partial charge >= 0.3 is 88.7 Å². The Morgan fingerprint density at radius 1 is 0.605 bits per heavy atom. The molecule has 0 aliphatic carbocycles. The molecule has 0 heterocycles. The molecule has 1 N–H and O–H groups in total. The van der Waals surface area contributed by atoms with Crippen molar-refractivity contribution in [3.63, 3.8) is 0 Å². The zero-order valence-corrected chi connectivity index (χ0v) is 28.5. The van der Waals surface area contributed by atoms with Crippen molar-refractivity contribution in [2.45, 2.75) is 14.7 Å². The van der Waals surface area contributed by atoms with Crippen molar-refractivity contribution in [2.75, 3.05) is 0 Å². The van der Waals surface area contributed by atoms with Gasteiger partial charge in [-0.15, -0.1) is 10.2 Å². The molecule has 182 valence electrons. The second kappa shape index (κ2) is 13.0. The molecule has 12 nitrogen and oxygen atoms in total. The molecule has 0 aliphatic rings. The summed E-state index contributed by atoms with van der Waals surface area (Å²) in [5.74, 6) is -0.835. The van der Waals surface area contributed by atoms with E-state index in [1.807, 2.05) is 0 Å². The molecule has 0 aliphatic heterocycles. The maximum absolute atomic E-state index is 11.9. The quantitative estimate of drug-likeness (QED) is 0.129. The molecule has 0 saturated heterocycles. The third kappa shape index (κ3) is 7.43. The number of fused-ring (bicyclic) bond motifs is 2. The van der Waals surface area contributed by atoms with E-state index in [9.17, 15) is 44.0 Å². The number of aromatic hydroxyl groups is 1. The van der Waals surface area contributed by atoms with Crippen molar-refractivity contribution in [1.82, 2.24) is 0 Å². The van der Waals surface area contributed by atoms with Gasteiger partial charge in [0.05, 0.1) is 20.4 Å². The fourth-order valence-corrected chi connectivity index (χ4v) is 5.27. The number of hydrogen-bond acceptors (Lipinski definition) is 12. The van der Waals surface area contributed by atoms with Gasteiger partial charge in [0, 0.05) is 16.2 Å². The topological polar surface area (TPSA) is 217 Å². The monoisotopic (exact) mass is 604 g/mol. The van der Waals surface area contributed by atoms with E-state index in [1.165, 1.54) is 24.3 Å². The molecule has 4 aromatic rings. The van der Waals surface area contributed by atoms with E-state index in [0.717, 1.165) is 36.4 Å². The molecule has 38 heavy (non-hydrogen) atoms. The van der Waals surface area contributed by atoms with Gasteiger partial charge in [0.25, 0.3) is 0 Å². The zero-order valence-electron chi connectivity index (χ0n) is 20.0. The van der Waals surface area contributed by atoms with Crippen LogP contribution in [0.2, 0.25) is 0 Å². The number of benzene rings is 4. The Morgan fingerprint density at radius 3 is 1.74 bits per heavy atom. The normalized spacial score (nSPS) is 12.1. The van der Waals surface area contributed by atoms with Gasteiger partial charge < -0.3 is 18.8 Å². The van der Waals surface area contributed by atoms with Crippen molar-refractivity contribution < 1.29 is 133 Å². The van der Waals surface area contributed by atoms with Crippen LogP contribution in [0.25, 0.3) is 21.5 Å². The van der Waals surface area contributed by atoms with E-state index in [0.29, 0.717) is 0 Å². The predicted molar refractivity (Wildman–Crippen MR) is 118 cm³/mol. The maximum atomic E-state index is 11.9. The summed E-state index contributed by atoms with van der Waals surface area (Å²) in [6.07, 6.45) is 0. The molecular formula is C20H11N2Na3O10S3. The van der Waals surface area contributed by atoms with Crippen LogP contribution in [0, 0.1) is 0 Å². The summed E-state index contributed by atoms with van der Waals surface area (Å²) in [5.41, 5.74) is -0.788. The molecule has 0 amide bonds. The van der Waals surface area contributed by atoms with Crippen molar-refractivity contribution >= 4 is 63.3 Å². The third-order valence-corrected chi connectivity index (χ3v) is 7.54. The smallest absolute Gasteiger partial charge is 0.744 e. The first-order valence-corrected chi connectivity index (χ1v) is 13.5. The standard InChI is InChI=1S/C20H14N2O10S3.3Na/c23-20-13-6-5-12(33(24,25)26)9-11(13)10-18(35(30,31)32)19(20)22-21-16-7-8-17(34(27,28)29)15-4-2-1-3-14(15)16;;;/h1-10,23H,(H,24,25,26)(H,27,28,29)(H,30,31,32);;;/q;3*+1/p-3. The number of azo groups is 1. The predicted octanol–water partition coefficient (Wildman–Crippen LogP) is -6.16. The molecule has 4 rings (SSSR count). The van der Waals surface area contributed by atoms with Crippen molar-refractivity contribution in [3.05, 3.63) is 60.7 Å². The molecule has 0 fully saturated rings. The number of nitrogens with zero attached hydrogens (tertiary/aromatic N) is 2. The van der Waals surface area contributed by atoms with Gasteiger partial charge in [-0.25, -0.2) is 25.3 Å². The van der Waals surface area contributed by atoms with Crippen LogP contribution >= 0.6 is 0 Å². The van der Waals surface area contributed by atoms with Gasteiger partial charge in [-0.2, -0.15) is 0 Å². The number of hydrogen-bond donors (Lipinski definition) is 1. The average molecular weight is 604 g/mol. The number of phenols is 1. The Hall–Kier alpha value is -0.470. The van der Waals surface area contributed by atoms with Crippen LogP contribution < -0.4 is 88.7 Å². The molecule has 0 radical (unpaired) electrons. The Balaban J connectivity index is 0.00000241. The van der Waals surface area contributed by atoms with Gasteiger partial charge in [-0.1, -0.05) is 24.3 Å². The summed E-state index contributed by atoms with van der Waals surface area (Å²) >= 11 is 0. The molecular weight excluding hydrogens is 593 g/mol. The van der Waals surface area contributed by atoms with E-state index < -0.39 is 56.5 Å². The summed E-state index contributed by atoms with van der Waals surface area (Å²) in [7, 11) is -15.0. The molecule has 0 bridgehead atoms. The Morgan fingerprint density at radius 2 is 1.18 bits per heavy atom. The average Bonchev–Trinajstić information content (AvgIpc) is 2.75. The van der Waals surface area contributed by atoms with Crippen molar-refractivity contribution in [2.24, 2.45) is 10.2 Å². The maximum Gasteiger partial charge on any atom is 1.00 e.